The van der Waals surface area contributed by atoms with Crippen LogP contribution >= 0.6 is 0 Å². The number of aromatic amines is 1. The second kappa shape index (κ2) is 3.33. The maximum atomic E-state index is 11.2. The van der Waals surface area contributed by atoms with Crippen molar-refractivity contribution in [2.45, 2.75) is 25.8 Å². The molecule has 0 aromatic carbocycles. The van der Waals surface area contributed by atoms with Crippen molar-refractivity contribution in [3.8, 4) is 0 Å². The molecule has 0 radical (unpaired) electrons. The average Bonchev–Trinajstić information content (AvgIpc) is 1.93. The van der Waals surface area contributed by atoms with E-state index in [2.05, 4.69) is 24.6 Å². The van der Waals surface area contributed by atoms with Crippen molar-refractivity contribution in [2.24, 2.45) is 0 Å². The van der Waals surface area contributed by atoms with Gasteiger partial charge in [0.1, 0.15) is 0 Å². The molecule has 1 N–H and O–H groups in total. The van der Waals surface area contributed by atoms with Gasteiger partial charge in [0, 0.05) is 18.4 Å². The molecular weight excluding hydrogens is 184 g/mol. The van der Waals surface area contributed by atoms with Crippen molar-refractivity contribution >= 4 is 8.07 Å². The molecule has 0 saturated carbocycles. The van der Waals surface area contributed by atoms with Gasteiger partial charge in [-0.15, -0.1) is 0 Å². The van der Waals surface area contributed by atoms with E-state index in [9.17, 15) is 9.59 Å². The SMILES string of the molecule is C[Si](C)(C)Cn1ccc(=O)[nH]c1=O. The quantitative estimate of drug-likeness (QED) is 0.700. The molecule has 0 aliphatic rings. The summed E-state index contributed by atoms with van der Waals surface area (Å²) >= 11 is 0. The van der Waals surface area contributed by atoms with Crippen molar-refractivity contribution in [2.75, 3.05) is 0 Å². The van der Waals surface area contributed by atoms with Crippen LogP contribution in [-0.2, 0) is 6.17 Å². The van der Waals surface area contributed by atoms with Crippen LogP contribution in [-0.4, -0.2) is 17.6 Å². The van der Waals surface area contributed by atoms with Crippen LogP contribution in [0.15, 0.2) is 21.9 Å². The third-order valence-electron chi connectivity index (χ3n) is 1.54. The summed E-state index contributed by atoms with van der Waals surface area (Å²) in [6.45, 7) is 6.51. The highest BCUT2D eigenvalue weighted by molar-refractivity contribution is 6.74. The molecule has 1 rings (SSSR count). The minimum Gasteiger partial charge on any atom is -0.304 e. The fraction of sp³-hybridized carbons (Fsp3) is 0.500. The van der Waals surface area contributed by atoms with E-state index in [-0.39, 0.29) is 11.2 Å². The summed E-state index contributed by atoms with van der Waals surface area (Å²) < 4.78 is 1.56. The summed E-state index contributed by atoms with van der Waals surface area (Å²) in [5, 5.41) is 0. The smallest absolute Gasteiger partial charge is 0.304 e. The Labute approximate surface area is 77.2 Å². The molecule has 0 aliphatic heterocycles. The predicted octanol–water partition coefficient (Wildman–Crippen LogP) is 0.414. The second-order valence-electron chi connectivity index (χ2n) is 4.30. The van der Waals surface area contributed by atoms with Gasteiger partial charge in [0.2, 0.25) is 0 Å². The number of nitrogens with zero attached hydrogens (tertiary/aromatic N) is 1. The Kier molecular flexibility index (Phi) is 2.56. The van der Waals surface area contributed by atoms with Crippen molar-refractivity contribution in [3.05, 3.63) is 33.1 Å². The number of hydrogen-bond acceptors (Lipinski definition) is 2. The van der Waals surface area contributed by atoms with Gasteiger partial charge in [-0.1, -0.05) is 19.6 Å². The molecule has 0 aliphatic carbocycles. The fourth-order valence-electron chi connectivity index (χ4n) is 1.08. The van der Waals surface area contributed by atoms with Gasteiger partial charge in [0.15, 0.2) is 0 Å². The van der Waals surface area contributed by atoms with E-state index < -0.39 is 8.07 Å². The van der Waals surface area contributed by atoms with Crippen LogP contribution in [0.4, 0.5) is 0 Å². The summed E-state index contributed by atoms with van der Waals surface area (Å²) in [5.41, 5.74) is -0.647. The van der Waals surface area contributed by atoms with E-state index in [4.69, 9.17) is 0 Å². The second-order valence-corrected chi connectivity index (χ2v) is 9.74. The van der Waals surface area contributed by atoms with Gasteiger partial charge in [-0.05, 0) is 0 Å². The van der Waals surface area contributed by atoms with E-state index in [0.717, 1.165) is 6.17 Å². The molecule has 5 heteroatoms. The van der Waals surface area contributed by atoms with Gasteiger partial charge < -0.3 is 4.57 Å². The third kappa shape index (κ3) is 3.02. The lowest BCUT2D eigenvalue weighted by Gasteiger charge is -2.16. The lowest BCUT2D eigenvalue weighted by Crippen LogP contribution is -2.37. The van der Waals surface area contributed by atoms with Crippen molar-refractivity contribution in [3.63, 3.8) is 0 Å². The van der Waals surface area contributed by atoms with Gasteiger partial charge in [0.25, 0.3) is 5.56 Å². The first-order valence-corrected chi connectivity index (χ1v) is 7.89. The summed E-state index contributed by atoms with van der Waals surface area (Å²) in [6.07, 6.45) is 2.29. The number of rotatable bonds is 2. The zero-order valence-corrected chi connectivity index (χ0v) is 9.13. The average molecular weight is 198 g/mol. The highest BCUT2D eigenvalue weighted by atomic mass is 28.3. The molecule has 4 nitrogen and oxygen atoms in total. The molecule has 1 aromatic rings. The molecule has 1 aromatic heterocycles. The predicted molar refractivity (Wildman–Crippen MR) is 54.7 cm³/mol. The highest BCUT2D eigenvalue weighted by Crippen LogP contribution is 2.01. The number of hydrogen-bond donors (Lipinski definition) is 1. The van der Waals surface area contributed by atoms with Crippen molar-refractivity contribution < 1.29 is 0 Å². The maximum absolute atomic E-state index is 11.2. The molecule has 0 bridgehead atoms. The van der Waals surface area contributed by atoms with Crippen LogP contribution in [0.2, 0.25) is 19.6 Å². The van der Waals surface area contributed by atoms with E-state index >= 15 is 0 Å². The summed E-state index contributed by atoms with van der Waals surface area (Å²) in [6, 6.07) is 1.38. The van der Waals surface area contributed by atoms with E-state index in [0.29, 0.717) is 0 Å². The lowest BCUT2D eigenvalue weighted by atomic mass is 10.6. The Morgan fingerprint density at radius 2 is 2.00 bits per heavy atom. The molecule has 0 spiro atoms. The molecule has 0 amide bonds. The largest absolute Gasteiger partial charge is 0.328 e. The first-order chi connectivity index (χ1) is 5.88. The van der Waals surface area contributed by atoms with Gasteiger partial charge in [-0.2, -0.15) is 0 Å². The molecule has 0 unspecified atom stereocenters. The monoisotopic (exact) mass is 198 g/mol. The Hall–Kier alpha value is -1.10. The van der Waals surface area contributed by atoms with Crippen molar-refractivity contribution in [1.29, 1.82) is 0 Å². The van der Waals surface area contributed by atoms with Crippen LogP contribution in [0.5, 0.6) is 0 Å². The topological polar surface area (TPSA) is 54.9 Å². The Bertz CT molecular complexity index is 400. The lowest BCUT2D eigenvalue weighted by molar-refractivity contribution is 0.758. The molecule has 13 heavy (non-hydrogen) atoms. The molecule has 1 heterocycles. The Balaban J connectivity index is 3.04. The first-order valence-electron chi connectivity index (χ1n) is 4.18. The summed E-state index contributed by atoms with van der Waals surface area (Å²) in [5.74, 6) is 0. The molecule has 0 atom stereocenters. The highest BCUT2D eigenvalue weighted by Gasteiger charge is 2.14. The summed E-state index contributed by atoms with van der Waals surface area (Å²) in [4.78, 5) is 24.2. The maximum Gasteiger partial charge on any atom is 0.328 e. The summed E-state index contributed by atoms with van der Waals surface area (Å²) in [7, 11) is -1.31. The molecule has 0 fully saturated rings. The Morgan fingerprint density at radius 1 is 1.38 bits per heavy atom. The Morgan fingerprint density at radius 3 is 2.46 bits per heavy atom. The van der Waals surface area contributed by atoms with E-state index in [1.807, 2.05) is 0 Å². The van der Waals surface area contributed by atoms with Crippen molar-refractivity contribution in [1.82, 2.24) is 9.55 Å². The number of nitrogens with one attached hydrogen (secondary N) is 1. The molecule has 0 saturated heterocycles. The van der Waals surface area contributed by atoms with E-state index in [1.54, 1.807) is 10.8 Å². The van der Waals surface area contributed by atoms with Gasteiger partial charge in [-0.25, -0.2) is 4.79 Å². The molecule has 72 valence electrons. The normalized spacial score (nSPS) is 11.6. The first kappa shape index (κ1) is 9.98. The molecular formula is C8H14N2O2Si. The zero-order chi connectivity index (χ0) is 10.1. The number of H-pyrrole nitrogens is 1. The van der Waals surface area contributed by atoms with Gasteiger partial charge in [-0.3, -0.25) is 9.78 Å². The third-order valence-corrected chi connectivity index (χ3v) is 2.83. The van der Waals surface area contributed by atoms with Crippen LogP contribution in [0.25, 0.3) is 0 Å². The van der Waals surface area contributed by atoms with Crippen LogP contribution in [0, 0.1) is 0 Å². The fourth-order valence-corrected chi connectivity index (χ4v) is 2.35. The zero-order valence-electron chi connectivity index (χ0n) is 8.13. The number of aromatic nitrogens is 2. The van der Waals surface area contributed by atoms with Gasteiger partial charge in [0.05, 0.1) is 8.07 Å². The van der Waals surface area contributed by atoms with Gasteiger partial charge >= 0.3 is 5.69 Å². The van der Waals surface area contributed by atoms with Crippen LogP contribution < -0.4 is 11.2 Å². The minimum absolute atomic E-state index is 0.310. The van der Waals surface area contributed by atoms with Crippen LogP contribution in [0.1, 0.15) is 0 Å². The van der Waals surface area contributed by atoms with E-state index in [1.165, 1.54) is 6.07 Å². The minimum atomic E-state index is -1.31. The standard InChI is InChI=1S/C8H14N2O2Si/c1-13(2,3)6-10-5-4-7(11)9-8(10)12/h4-5H,6H2,1-3H3,(H,9,11,12). The van der Waals surface area contributed by atoms with Crippen LogP contribution in [0.3, 0.4) is 0 Å².